The predicted octanol–water partition coefficient (Wildman–Crippen LogP) is 1.02. The van der Waals surface area contributed by atoms with Crippen LogP contribution in [0.15, 0.2) is 17.0 Å². The number of carbonyl (C=O) groups is 1. The Labute approximate surface area is 143 Å². The molecule has 0 radical (unpaired) electrons. The number of sulfonamides is 1. The molecule has 2 aliphatic heterocycles. The number of hydrogen-bond acceptors (Lipinski definition) is 4. The van der Waals surface area contributed by atoms with E-state index in [0.717, 1.165) is 44.6 Å². The molecule has 3 N–H and O–H groups in total. The van der Waals surface area contributed by atoms with Gasteiger partial charge in [0, 0.05) is 18.7 Å². The van der Waals surface area contributed by atoms with Gasteiger partial charge in [-0.2, -0.15) is 0 Å². The maximum Gasteiger partial charge on any atom is 0.253 e. The van der Waals surface area contributed by atoms with Crippen molar-refractivity contribution in [3.05, 3.63) is 28.8 Å². The zero-order valence-electron chi connectivity index (χ0n) is 14.2. The van der Waals surface area contributed by atoms with Crippen LogP contribution in [0.2, 0.25) is 0 Å². The Balaban J connectivity index is 1.86. The molecule has 2 aliphatic rings. The van der Waals surface area contributed by atoms with Gasteiger partial charge in [-0.15, -0.1) is 0 Å². The van der Waals surface area contributed by atoms with Gasteiger partial charge in [0.1, 0.15) is 0 Å². The number of carbonyl (C=O) groups excluding carboxylic acids is 1. The minimum absolute atomic E-state index is 0.0433. The third-order valence-corrected chi connectivity index (χ3v) is 6.52. The Hall–Kier alpha value is -1.44. The van der Waals surface area contributed by atoms with Gasteiger partial charge in [-0.05, 0) is 74.9 Å². The fraction of sp³-hybridized carbons (Fsp3) is 0.588. The lowest BCUT2D eigenvalue weighted by atomic mass is 9.92. The van der Waals surface area contributed by atoms with Crippen LogP contribution in [0.4, 0.5) is 0 Å². The van der Waals surface area contributed by atoms with Gasteiger partial charge < -0.3 is 10.2 Å². The molecular formula is C17H25N3O3S. The number of fused-ring (bicyclic) bond motifs is 1. The number of nitrogens with two attached hydrogens (primary N) is 1. The molecule has 2 saturated heterocycles. The summed E-state index contributed by atoms with van der Waals surface area (Å²) in [5.74, 6) is 1.18. The van der Waals surface area contributed by atoms with Gasteiger partial charge in [-0.1, -0.05) is 0 Å². The zero-order valence-corrected chi connectivity index (χ0v) is 15.0. The average molecular weight is 351 g/mol. The van der Waals surface area contributed by atoms with Crippen LogP contribution in [0.25, 0.3) is 0 Å². The van der Waals surface area contributed by atoms with Gasteiger partial charge in [0.05, 0.1) is 4.90 Å². The first kappa shape index (κ1) is 17.4. The number of nitrogens with zero attached hydrogens (tertiary/aromatic N) is 1. The molecule has 2 heterocycles. The number of nitrogens with one attached hydrogen (secondary N) is 1. The number of likely N-dealkylation sites (tertiary alicyclic amines) is 1. The van der Waals surface area contributed by atoms with E-state index >= 15 is 0 Å². The molecule has 1 aromatic rings. The molecule has 0 aliphatic carbocycles. The Morgan fingerprint density at radius 3 is 2.29 bits per heavy atom. The van der Waals surface area contributed by atoms with Gasteiger partial charge in [-0.3, -0.25) is 4.79 Å². The summed E-state index contributed by atoms with van der Waals surface area (Å²) in [6.45, 7) is 7.03. The highest BCUT2D eigenvalue weighted by Crippen LogP contribution is 2.28. The van der Waals surface area contributed by atoms with Gasteiger partial charge >= 0.3 is 0 Å². The van der Waals surface area contributed by atoms with Gasteiger partial charge in [-0.25, -0.2) is 13.6 Å². The van der Waals surface area contributed by atoms with Crippen molar-refractivity contribution in [2.45, 2.75) is 31.6 Å². The summed E-state index contributed by atoms with van der Waals surface area (Å²) in [5.41, 5.74) is 1.78. The minimum Gasteiger partial charge on any atom is -0.339 e. The zero-order chi connectivity index (χ0) is 17.5. The minimum atomic E-state index is -3.84. The lowest BCUT2D eigenvalue weighted by Gasteiger charge is -2.22. The molecule has 2 fully saturated rings. The van der Waals surface area contributed by atoms with Crippen molar-refractivity contribution in [2.24, 2.45) is 17.0 Å². The topological polar surface area (TPSA) is 92.5 Å². The molecule has 24 heavy (non-hydrogen) atoms. The number of hydrogen-bond donors (Lipinski definition) is 2. The van der Waals surface area contributed by atoms with Gasteiger partial charge in [0.15, 0.2) is 0 Å². The molecule has 3 rings (SSSR count). The van der Waals surface area contributed by atoms with Crippen LogP contribution < -0.4 is 10.5 Å². The fourth-order valence-electron chi connectivity index (χ4n) is 3.85. The van der Waals surface area contributed by atoms with Crippen molar-refractivity contribution >= 4 is 15.9 Å². The summed E-state index contributed by atoms with van der Waals surface area (Å²) in [5, 5.41) is 8.72. The predicted molar refractivity (Wildman–Crippen MR) is 92.3 cm³/mol. The molecule has 6 nitrogen and oxygen atoms in total. The van der Waals surface area contributed by atoms with Crippen LogP contribution in [0, 0.1) is 25.7 Å². The molecule has 1 aromatic carbocycles. The number of aryl methyl sites for hydroxylation is 1. The lowest BCUT2D eigenvalue weighted by molar-refractivity contribution is 0.0758. The van der Waals surface area contributed by atoms with E-state index in [4.69, 9.17) is 5.14 Å². The van der Waals surface area contributed by atoms with Crippen molar-refractivity contribution < 1.29 is 13.2 Å². The summed E-state index contributed by atoms with van der Waals surface area (Å²) in [6.07, 6.45) is 1.99. The van der Waals surface area contributed by atoms with E-state index in [-0.39, 0.29) is 10.8 Å². The summed E-state index contributed by atoms with van der Waals surface area (Å²) in [7, 11) is -3.84. The number of amides is 1. The summed E-state index contributed by atoms with van der Waals surface area (Å²) < 4.78 is 23.6. The van der Waals surface area contributed by atoms with E-state index < -0.39 is 10.0 Å². The molecule has 2 atom stereocenters. The van der Waals surface area contributed by atoms with E-state index in [1.165, 1.54) is 6.07 Å². The molecule has 7 heteroatoms. The summed E-state index contributed by atoms with van der Waals surface area (Å²) in [6, 6.07) is 3.19. The smallest absolute Gasteiger partial charge is 0.253 e. The van der Waals surface area contributed by atoms with Crippen LogP contribution in [0.1, 0.15) is 34.3 Å². The quantitative estimate of drug-likeness (QED) is 0.832. The first-order valence-electron chi connectivity index (χ1n) is 8.41. The molecule has 0 bridgehead atoms. The van der Waals surface area contributed by atoms with Crippen LogP contribution in [-0.2, 0) is 10.0 Å². The first-order valence-corrected chi connectivity index (χ1v) is 9.96. The van der Waals surface area contributed by atoms with Crippen LogP contribution in [0.5, 0.6) is 0 Å². The van der Waals surface area contributed by atoms with Crippen LogP contribution in [-0.4, -0.2) is 45.4 Å². The molecule has 1 amide bonds. The first-order chi connectivity index (χ1) is 11.3. The summed E-state index contributed by atoms with van der Waals surface area (Å²) >= 11 is 0. The molecule has 0 aromatic heterocycles. The van der Waals surface area contributed by atoms with Gasteiger partial charge in [0.25, 0.3) is 5.91 Å². The highest BCUT2D eigenvalue weighted by molar-refractivity contribution is 7.89. The second-order valence-electron chi connectivity index (χ2n) is 7.01. The maximum absolute atomic E-state index is 12.9. The third kappa shape index (κ3) is 3.34. The Kier molecular flexibility index (Phi) is 4.68. The van der Waals surface area contributed by atoms with E-state index in [2.05, 4.69) is 5.32 Å². The van der Waals surface area contributed by atoms with E-state index in [1.807, 2.05) is 4.90 Å². The van der Waals surface area contributed by atoms with Crippen molar-refractivity contribution in [2.75, 3.05) is 26.2 Å². The molecule has 132 valence electrons. The van der Waals surface area contributed by atoms with Crippen molar-refractivity contribution in [1.29, 1.82) is 0 Å². The second-order valence-corrected chi connectivity index (χ2v) is 8.54. The molecule has 0 saturated carbocycles. The monoisotopic (exact) mass is 351 g/mol. The highest BCUT2D eigenvalue weighted by atomic mass is 32.2. The van der Waals surface area contributed by atoms with Crippen molar-refractivity contribution in [3.63, 3.8) is 0 Å². The van der Waals surface area contributed by atoms with E-state index in [0.29, 0.717) is 23.0 Å². The molecular weight excluding hydrogens is 326 g/mol. The van der Waals surface area contributed by atoms with Crippen LogP contribution >= 0.6 is 0 Å². The van der Waals surface area contributed by atoms with Crippen LogP contribution in [0.3, 0.4) is 0 Å². The number of benzene rings is 1. The normalized spacial score (nSPS) is 24.5. The Morgan fingerprint density at radius 2 is 1.75 bits per heavy atom. The maximum atomic E-state index is 12.9. The molecule has 0 spiro atoms. The lowest BCUT2D eigenvalue weighted by Crippen LogP contribution is -2.33. The van der Waals surface area contributed by atoms with Crippen molar-refractivity contribution in [3.8, 4) is 0 Å². The number of primary sulfonamides is 1. The third-order valence-electron chi connectivity index (χ3n) is 5.48. The highest BCUT2D eigenvalue weighted by Gasteiger charge is 2.32. The van der Waals surface area contributed by atoms with E-state index in [9.17, 15) is 13.2 Å². The fourth-order valence-corrected chi connectivity index (χ4v) is 4.73. The number of rotatable bonds is 2. The average Bonchev–Trinajstić information content (AvgIpc) is 2.86. The largest absolute Gasteiger partial charge is 0.339 e. The summed E-state index contributed by atoms with van der Waals surface area (Å²) in [4.78, 5) is 14.8. The SMILES string of the molecule is Cc1cc(C(=O)N2CC[C@@H]3CNC[C@@H]3CC2)cc(S(N)(=O)=O)c1C. The second kappa shape index (κ2) is 6.46. The standard InChI is InChI=1S/C17H25N3O3S/c1-11-7-15(8-16(12(11)2)24(18,22)23)17(21)20-5-3-13-9-19-10-14(13)4-6-20/h7-8,13-14,19H,3-6,9-10H2,1-2H3,(H2,18,22,23)/t13-,14+. The Bertz CT molecular complexity index is 747. The Morgan fingerprint density at radius 1 is 1.17 bits per heavy atom. The van der Waals surface area contributed by atoms with Gasteiger partial charge in [0.2, 0.25) is 10.0 Å². The van der Waals surface area contributed by atoms with Crippen molar-refractivity contribution in [1.82, 2.24) is 10.2 Å². The molecule has 0 unspecified atom stereocenters. The van der Waals surface area contributed by atoms with E-state index in [1.54, 1.807) is 19.9 Å².